The van der Waals surface area contributed by atoms with Gasteiger partial charge in [-0.15, -0.1) is 0 Å². The third-order valence-corrected chi connectivity index (χ3v) is 3.86. The quantitative estimate of drug-likeness (QED) is 0.586. The predicted molar refractivity (Wildman–Crippen MR) is 97.7 cm³/mol. The van der Waals surface area contributed by atoms with Crippen LogP contribution in [0.1, 0.15) is 30.4 Å². The van der Waals surface area contributed by atoms with Crippen molar-refractivity contribution in [3.8, 4) is 5.75 Å². The molecule has 24 heavy (non-hydrogen) atoms. The predicted octanol–water partition coefficient (Wildman–Crippen LogP) is 2.43. The summed E-state index contributed by atoms with van der Waals surface area (Å²) in [6, 6.07) is 16.0. The number of aromatic hydroxyl groups is 1. The van der Waals surface area contributed by atoms with Crippen molar-refractivity contribution >= 4 is 34.1 Å². The van der Waals surface area contributed by atoms with Gasteiger partial charge in [-0.05, 0) is 24.6 Å². The summed E-state index contributed by atoms with van der Waals surface area (Å²) >= 11 is 0. The lowest BCUT2D eigenvalue weighted by atomic mass is 9.87. The topological polar surface area (TPSA) is 67.5 Å². The Morgan fingerprint density at radius 2 is 1.71 bits per heavy atom. The number of carbonyl (C=O) groups is 1. The zero-order valence-corrected chi connectivity index (χ0v) is 12.7. The number of hydrogen-bond acceptors (Lipinski definition) is 4. The van der Waals surface area contributed by atoms with E-state index in [1.54, 1.807) is 24.3 Å². The van der Waals surface area contributed by atoms with E-state index in [-0.39, 0.29) is 40.9 Å². The Kier molecular flexibility index (Phi) is 5.61. The highest BCUT2D eigenvalue weighted by molar-refractivity contribution is 5.85. The molecule has 1 atom stereocenters. The van der Waals surface area contributed by atoms with Crippen molar-refractivity contribution in [2.75, 3.05) is 0 Å². The molecule has 4 nitrogen and oxygen atoms in total. The Bertz CT molecular complexity index is 916. The van der Waals surface area contributed by atoms with Gasteiger partial charge in [-0.2, -0.15) is 0 Å². The van der Waals surface area contributed by atoms with Crippen LogP contribution in [0, 0.1) is 0 Å². The number of rotatable bonds is 4. The molecule has 0 aliphatic rings. The average Bonchev–Trinajstić information content (AvgIpc) is 2.54. The summed E-state index contributed by atoms with van der Waals surface area (Å²) in [7, 11) is 0. The van der Waals surface area contributed by atoms with E-state index >= 15 is 0 Å². The number of ketones is 1. The van der Waals surface area contributed by atoms with Crippen LogP contribution in [-0.2, 0) is 4.79 Å². The molecule has 122 valence electrons. The van der Waals surface area contributed by atoms with E-state index in [0.29, 0.717) is 11.0 Å². The molecule has 5 heteroatoms. The van der Waals surface area contributed by atoms with Gasteiger partial charge in [-0.1, -0.05) is 42.5 Å². The monoisotopic (exact) mass is 338 g/mol. The van der Waals surface area contributed by atoms with Gasteiger partial charge < -0.3 is 9.52 Å². The van der Waals surface area contributed by atoms with E-state index in [1.807, 2.05) is 30.3 Å². The van der Waals surface area contributed by atoms with Crippen LogP contribution in [0.2, 0.25) is 0 Å². The summed E-state index contributed by atoms with van der Waals surface area (Å²) in [5, 5.41) is 11.1. The van der Waals surface area contributed by atoms with Crippen LogP contribution in [0.25, 0.3) is 11.0 Å². The Morgan fingerprint density at radius 1 is 1.08 bits per heavy atom. The molecule has 0 saturated heterocycles. The molecule has 0 fully saturated rings. The smallest absolute Gasteiger partial charge is 0.343 e. The standard InChI is InChI=1S/C19H16O4.Al.3H/c1-12(20)11-15(13-7-3-2-4-8-13)17-18(21)14-9-5-6-10-16(14)23-19(17)22;;;;/h2-10,15,21H,11H2,1H3;;;;. The summed E-state index contributed by atoms with van der Waals surface area (Å²) < 4.78 is 5.33. The summed E-state index contributed by atoms with van der Waals surface area (Å²) in [5.41, 5.74) is 0.635. The lowest BCUT2D eigenvalue weighted by molar-refractivity contribution is -0.117. The first-order chi connectivity index (χ1) is 11.1. The molecule has 0 aliphatic carbocycles. The molecule has 0 radical (unpaired) electrons. The van der Waals surface area contributed by atoms with Gasteiger partial charge in [0.25, 0.3) is 0 Å². The summed E-state index contributed by atoms with van der Waals surface area (Å²) in [5.74, 6) is -0.715. The molecule has 0 spiro atoms. The SMILES string of the molecule is CC(=O)CC(c1ccccc1)c1c(O)c2ccccc2oc1=O.[AlH3]. The molecule has 3 aromatic rings. The fourth-order valence-electron chi connectivity index (χ4n) is 2.81. The molecule has 1 heterocycles. The molecule has 0 amide bonds. The van der Waals surface area contributed by atoms with Gasteiger partial charge in [0.05, 0.1) is 10.9 Å². The molecule has 1 unspecified atom stereocenters. The van der Waals surface area contributed by atoms with Crippen LogP contribution >= 0.6 is 0 Å². The molecule has 0 aliphatic heterocycles. The Morgan fingerprint density at radius 3 is 2.38 bits per heavy atom. The van der Waals surface area contributed by atoms with Gasteiger partial charge in [-0.25, -0.2) is 4.79 Å². The van der Waals surface area contributed by atoms with Crippen molar-refractivity contribution in [3.63, 3.8) is 0 Å². The Hall–Kier alpha value is -2.35. The lowest BCUT2D eigenvalue weighted by Gasteiger charge is -2.17. The first-order valence-electron chi connectivity index (χ1n) is 7.37. The van der Waals surface area contributed by atoms with E-state index in [1.165, 1.54) is 6.92 Å². The number of Topliss-reactive ketones (excluding diaryl/α,β-unsaturated/α-hetero) is 1. The van der Waals surface area contributed by atoms with Gasteiger partial charge in [0, 0.05) is 12.3 Å². The molecular formula is C19H19AlO4. The largest absolute Gasteiger partial charge is 0.507 e. The van der Waals surface area contributed by atoms with Crippen LogP contribution < -0.4 is 5.63 Å². The highest BCUT2D eigenvalue weighted by atomic mass is 27.0. The normalized spacial score (nSPS) is 11.7. The van der Waals surface area contributed by atoms with E-state index < -0.39 is 11.5 Å². The third kappa shape index (κ3) is 3.43. The molecular weight excluding hydrogens is 319 g/mol. The maximum Gasteiger partial charge on any atom is 0.343 e. The van der Waals surface area contributed by atoms with Crippen LogP contribution in [-0.4, -0.2) is 28.3 Å². The number of benzene rings is 2. The summed E-state index contributed by atoms with van der Waals surface area (Å²) in [6.07, 6.45) is 0.126. The van der Waals surface area contributed by atoms with E-state index in [0.717, 1.165) is 5.56 Å². The molecule has 0 bridgehead atoms. The first kappa shape index (κ1) is 18.0. The zero-order valence-electron chi connectivity index (χ0n) is 12.7. The minimum Gasteiger partial charge on any atom is -0.507 e. The van der Waals surface area contributed by atoms with Crippen molar-refractivity contribution in [2.24, 2.45) is 0 Å². The van der Waals surface area contributed by atoms with Gasteiger partial charge in [0.1, 0.15) is 17.1 Å². The first-order valence-corrected chi connectivity index (χ1v) is 7.37. The van der Waals surface area contributed by atoms with Crippen LogP contribution in [0.5, 0.6) is 5.75 Å². The fraction of sp³-hybridized carbons (Fsp3) is 0.158. The minimum absolute atomic E-state index is 0. The van der Waals surface area contributed by atoms with Crippen LogP contribution in [0.3, 0.4) is 0 Å². The highest BCUT2D eigenvalue weighted by Crippen LogP contribution is 2.35. The maximum absolute atomic E-state index is 12.4. The summed E-state index contributed by atoms with van der Waals surface area (Å²) in [6.45, 7) is 1.47. The minimum atomic E-state index is -0.615. The van der Waals surface area contributed by atoms with E-state index in [2.05, 4.69) is 0 Å². The Balaban J connectivity index is 0.00000208. The van der Waals surface area contributed by atoms with E-state index in [9.17, 15) is 14.7 Å². The van der Waals surface area contributed by atoms with Crippen LogP contribution in [0.15, 0.2) is 63.8 Å². The number of para-hydroxylation sites is 1. The van der Waals surface area contributed by atoms with Crippen molar-refractivity contribution in [3.05, 3.63) is 76.1 Å². The van der Waals surface area contributed by atoms with Gasteiger partial charge in [0.2, 0.25) is 0 Å². The number of carbonyl (C=O) groups excluding carboxylic acids is 1. The maximum atomic E-state index is 12.4. The number of hydrogen-bond donors (Lipinski definition) is 1. The fourth-order valence-corrected chi connectivity index (χ4v) is 2.81. The van der Waals surface area contributed by atoms with Crippen LogP contribution in [0.4, 0.5) is 0 Å². The molecule has 2 aromatic carbocycles. The average molecular weight is 338 g/mol. The molecule has 0 saturated carbocycles. The highest BCUT2D eigenvalue weighted by Gasteiger charge is 2.25. The third-order valence-electron chi connectivity index (χ3n) is 3.86. The van der Waals surface area contributed by atoms with Gasteiger partial charge >= 0.3 is 5.63 Å². The number of fused-ring (bicyclic) bond motifs is 1. The second-order valence-electron chi connectivity index (χ2n) is 5.52. The second-order valence-corrected chi connectivity index (χ2v) is 5.52. The van der Waals surface area contributed by atoms with Gasteiger partial charge in [0.15, 0.2) is 17.4 Å². The van der Waals surface area contributed by atoms with Crippen molar-refractivity contribution in [1.82, 2.24) is 0 Å². The van der Waals surface area contributed by atoms with E-state index in [4.69, 9.17) is 4.42 Å². The Labute approximate surface area is 149 Å². The molecule has 1 aromatic heterocycles. The second kappa shape index (κ2) is 7.48. The zero-order chi connectivity index (χ0) is 16.4. The molecule has 1 N–H and O–H groups in total. The van der Waals surface area contributed by atoms with Gasteiger partial charge in [-0.3, -0.25) is 4.79 Å². The lowest BCUT2D eigenvalue weighted by Crippen LogP contribution is -2.16. The molecule has 3 rings (SSSR count). The van der Waals surface area contributed by atoms with Crippen molar-refractivity contribution in [2.45, 2.75) is 19.3 Å². The summed E-state index contributed by atoms with van der Waals surface area (Å²) in [4.78, 5) is 24.1. The van der Waals surface area contributed by atoms with Crippen molar-refractivity contribution in [1.29, 1.82) is 0 Å². The van der Waals surface area contributed by atoms with Crippen molar-refractivity contribution < 1.29 is 14.3 Å².